The number of benzene rings is 1. The molecule has 0 radical (unpaired) electrons. The number of nitrogens with one attached hydrogen (secondary N) is 1. The summed E-state index contributed by atoms with van der Waals surface area (Å²) >= 11 is 0. The number of carbonyl (C=O) groups excluding carboxylic acids is 2. The third-order valence-corrected chi connectivity index (χ3v) is 4.35. The number of hydrogen-bond acceptors (Lipinski definition) is 4. The standard InChI is InChI=1S/C20H23N3O3/c1-3-4-5-12-23-17-13-16(6-7-18(17)26-14(2)20(23)25)22-19(24)15-8-10-21-11-9-15/h6-11,13-14H,3-5,12H2,1-2H3,(H,22,24). The third kappa shape index (κ3) is 3.85. The molecular formula is C20H23N3O3. The van der Waals surface area contributed by atoms with Crippen LogP contribution in [-0.2, 0) is 4.79 Å². The maximum atomic E-state index is 12.5. The van der Waals surface area contributed by atoms with E-state index in [1.165, 1.54) is 0 Å². The van der Waals surface area contributed by atoms with Crippen molar-refractivity contribution in [1.82, 2.24) is 4.98 Å². The lowest BCUT2D eigenvalue weighted by Crippen LogP contribution is -2.44. The summed E-state index contributed by atoms with van der Waals surface area (Å²) < 4.78 is 5.71. The van der Waals surface area contributed by atoms with Crippen LogP contribution in [0.2, 0.25) is 0 Å². The van der Waals surface area contributed by atoms with Gasteiger partial charge in [0.2, 0.25) is 0 Å². The molecule has 3 rings (SSSR count). The number of rotatable bonds is 6. The average Bonchev–Trinajstić information content (AvgIpc) is 2.66. The van der Waals surface area contributed by atoms with Crippen molar-refractivity contribution in [2.45, 2.75) is 39.2 Å². The van der Waals surface area contributed by atoms with Crippen molar-refractivity contribution in [3.63, 3.8) is 0 Å². The third-order valence-electron chi connectivity index (χ3n) is 4.35. The van der Waals surface area contributed by atoms with Crippen LogP contribution in [0.5, 0.6) is 5.75 Å². The molecule has 0 saturated carbocycles. The number of hydrogen-bond donors (Lipinski definition) is 1. The van der Waals surface area contributed by atoms with Gasteiger partial charge < -0.3 is 15.0 Å². The first-order valence-corrected chi connectivity index (χ1v) is 8.93. The number of amides is 2. The monoisotopic (exact) mass is 353 g/mol. The van der Waals surface area contributed by atoms with Crippen molar-refractivity contribution in [3.05, 3.63) is 48.3 Å². The molecule has 0 saturated heterocycles. The zero-order valence-corrected chi connectivity index (χ0v) is 15.1. The number of fused-ring (bicyclic) bond motifs is 1. The number of anilines is 2. The van der Waals surface area contributed by atoms with Crippen LogP contribution < -0.4 is 15.0 Å². The number of ether oxygens (including phenoxy) is 1. The van der Waals surface area contributed by atoms with Crippen LogP contribution in [0, 0.1) is 0 Å². The van der Waals surface area contributed by atoms with E-state index in [0.717, 1.165) is 19.3 Å². The maximum absolute atomic E-state index is 12.5. The number of nitrogens with zero attached hydrogens (tertiary/aromatic N) is 2. The Balaban J connectivity index is 1.83. The van der Waals surface area contributed by atoms with Gasteiger partial charge in [-0.3, -0.25) is 14.6 Å². The zero-order valence-electron chi connectivity index (χ0n) is 15.1. The van der Waals surface area contributed by atoms with Gasteiger partial charge in [-0.15, -0.1) is 0 Å². The van der Waals surface area contributed by atoms with Crippen LogP contribution in [0.4, 0.5) is 11.4 Å². The van der Waals surface area contributed by atoms with E-state index < -0.39 is 6.10 Å². The molecule has 1 aromatic heterocycles. The minimum atomic E-state index is -0.499. The van der Waals surface area contributed by atoms with Gasteiger partial charge in [0.1, 0.15) is 5.75 Å². The summed E-state index contributed by atoms with van der Waals surface area (Å²) in [5, 5.41) is 2.86. The van der Waals surface area contributed by atoms with Gasteiger partial charge in [-0.05, 0) is 43.7 Å². The molecule has 0 bridgehead atoms. The highest BCUT2D eigenvalue weighted by atomic mass is 16.5. The van der Waals surface area contributed by atoms with Crippen molar-refractivity contribution >= 4 is 23.2 Å². The lowest BCUT2D eigenvalue weighted by Gasteiger charge is -2.33. The Morgan fingerprint density at radius 3 is 2.73 bits per heavy atom. The van der Waals surface area contributed by atoms with Crippen LogP contribution in [0.3, 0.4) is 0 Å². The summed E-state index contributed by atoms with van der Waals surface area (Å²) in [5.74, 6) is 0.392. The molecular weight excluding hydrogens is 330 g/mol. The summed E-state index contributed by atoms with van der Waals surface area (Å²) in [6.45, 7) is 4.54. The molecule has 1 aliphatic rings. The lowest BCUT2D eigenvalue weighted by atomic mass is 10.1. The predicted molar refractivity (Wildman–Crippen MR) is 101 cm³/mol. The van der Waals surface area contributed by atoms with Gasteiger partial charge in [0.25, 0.3) is 11.8 Å². The van der Waals surface area contributed by atoms with Crippen LogP contribution in [0.15, 0.2) is 42.7 Å². The minimum absolute atomic E-state index is 0.0498. The van der Waals surface area contributed by atoms with Gasteiger partial charge in [0.05, 0.1) is 5.69 Å². The number of unbranched alkanes of at least 4 members (excludes halogenated alkanes) is 2. The Bertz CT molecular complexity index is 792. The molecule has 1 unspecified atom stereocenters. The molecule has 6 heteroatoms. The molecule has 2 heterocycles. The summed E-state index contributed by atoms with van der Waals surface area (Å²) in [4.78, 5) is 30.6. The van der Waals surface area contributed by atoms with Crippen molar-refractivity contribution in [3.8, 4) is 5.75 Å². The van der Waals surface area contributed by atoms with Crippen molar-refractivity contribution < 1.29 is 14.3 Å². The van der Waals surface area contributed by atoms with Gasteiger partial charge in [-0.2, -0.15) is 0 Å². The molecule has 2 aromatic rings. The molecule has 1 N–H and O–H groups in total. The fourth-order valence-electron chi connectivity index (χ4n) is 2.94. The second-order valence-electron chi connectivity index (χ2n) is 6.33. The Labute approximate surface area is 153 Å². The van der Waals surface area contributed by atoms with Crippen LogP contribution in [0.1, 0.15) is 43.5 Å². The first-order valence-electron chi connectivity index (χ1n) is 8.93. The van der Waals surface area contributed by atoms with E-state index in [9.17, 15) is 9.59 Å². The Morgan fingerprint density at radius 2 is 2.00 bits per heavy atom. The number of aromatic nitrogens is 1. The number of pyridine rings is 1. The first kappa shape index (κ1) is 17.9. The van der Waals surface area contributed by atoms with E-state index in [-0.39, 0.29) is 11.8 Å². The van der Waals surface area contributed by atoms with Crippen molar-refractivity contribution in [2.24, 2.45) is 0 Å². The fourth-order valence-corrected chi connectivity index (χ4v) is 2.94. The molecule has 0 fully saturated rings. The molecule has 1 atom stereocenters. The van der Waals surface area contributed by atoms with Crippen molar-refractivity contribution in [2.75, 3.05) is 16.8 Å². The van der Waals surface area contributed by atoms with Gasteiger partial charge in [0.15, 0.2) is 6.10 Å². The summed E-state index contributed by atoms with van der Waals surface area (Å²) in [7, 11) is 0. The molecule has 0 spiro atoms. The Hall–Kier alpha value is -2.89. The predicted octanol–water partition coefficient (Wildman–Crippen LogP) is 3.64. The second-order valence-corrected chi connectivity index (χ2v) is 6.33. The van der Waals surface area contributed by atoms with Gasteiger partial charge in [0, 0.05) is 30.2 Å². The van der Waals surface area contributed by atoms with Crippen LogP contribution in [-0.4, -0.2) is 29.4 Å². The first-order chi connectivity index (χ1) is 12.6. The molecule has 26 heavy (non-hydrogen) atoms. The molecule has 1 aliphatic heterocycles. The summed E-state index contributed by atoms with van der Waals surface area (Å²) in [6.07, 6.45) is 5.73. The highest BCUT2D eigenvalue weighted by Gasteiger charge is 2.31. The summed E-state index contributed by atoms with van der Waals surface area (Å²) in [5.41, 5.74) is 1.85. The normalized spacial score (nSPS) is 16.0. The van der Waals surface area contributed by atoms with E-state index in [1.54, 1.807) is 54.5 Å². The zero-order chi connectivity index (χ0) is 18.5. The molecule has 1 aromatic carbocycles. The lowest BCUT2D eigenvalue weighted by molar-refractivity contribution is -0.125. The minimum Gasteiger partial charge on any atom is -0.479 e. The molecule has 0 aliphatic carbocycles. The van der Waals surface area contributed by atoms with Crippen molar-refractivity contribution in [1.29, 1.82) is 0 Å². The smallest absolute Gasteiger partial charge is 0.267 e. The fraction of sp³-hybridized carbons (Fsp3) is 0.350. The quantitative estimate of drug-likeness (QED) is 0.805. The van der Waals surface area contributed by atoms with Gasteiger partial charge in [-0.25, -0.2) is 0 Å². The number of carbonyl (C=O) groups is 2. The van der Waals surface area contributed by atoms with E-state index in [4.69, 9.17) is 4.74 Å². The second kappa shape index (κ2) is 7.99. The SMILES string of the molecule is CCCCCN1C(=O)C(C)Oc2ccc(NC(=O)c3ccncc3)cc21. The van der Waals surface area contributed by atoms with Gasteiger partial charge in [-0.1, -0.05) is 19.8 Å². The van der Waals surface area contributed by atoms with E-state index in [0.29, 0.717) is 29.2 Å². The largest absolute Gasteiger partial charge is 0.479 e. The van der Waals surface area contributed by atoms with Crippen LogP contribution >= 0.6 is 0 Å². The van der Waals surface area contributed by atoms with E-state index >= 15 is 0 Å². The van der Waals surface area contributed by atoms with E-state index in [2.05, 4.69) is 17.2 Å². The van der Waals surface area contributed by atoms with Crippen LogP contribution in [0.25, 0.3) is 0 Å². The maximum Gasteiger partial charge on any atom is 0.267 e. The highest BCUT2D eigenvalue weighted by molar-refractivity contribution is 6.05. The molecule has 2 amide bonds. The molecule has 136 valence electrons. The van der Waals surface area contributed by atoms with Gasteiger partial charge >= 0.3 is 0 Å². The highest BCUT2D eigenvalue weighted by Crippen LogP contribution is 2.36. The Kier molecular flexibility index (Phi) is 5.51. The topological polar surface area (TPSA) is 71.5 Å². The summed E-state index contributed by atoms with van der Waals surface area (Å²) in [6, 6.07) is 8.68. The van der Waals surface area contributed by atoms with E-state index in [1.807, 2.05) is 0 Å². The molecule has 6 nitrogen and oxygen atoms in total. The average molecular weight is 353 g/mol. The Morgan fingerprint density at radius 1 is 1.23 bits per heavy atom.